The van der Waals surface area contributed by atoms with Gasteiger partial charge in [-0.15, -0.1) is 0 Å². The molecule has 8 heteroatoms. The number of hydrogen-bond acceptors (Lipinski definition) is 7. The van der Waals surface area contributed by atoms with Crippen molar-refractivity contribution in [2.45, 2.75) is 6.42 Å². The molecular weight excluding hydrogens is 390 g/mol. The lowest BCUT2D eigenvalue weighted by Gasteiger charge is -2.18. The number of aromatic nitrogens is 1. The normalized spacial score (nSPS) is 10.7. The average molecular weight is 413 g/mol. The lowest BCUT2D eigenvalue weighted by Crippen LogP contribution is -2.10. The van der Waals surface area contributed by atoms with E-state index in [1.807, 2.05) is 0 Å². The van der Waals surface area contributed by atoms with E-state index in [1.54, 1.807) is 30.3 Å². The molecule has 8 nitrogen and oxygen atoms in total. The number of methoxy groups -OCH3 is 4. The number of carbonyl (C=O) groups is 1. The third-order valence-electron chi connectivity index (χ3n) is 4.80. The van der Waals surface area contributed by atoms with E-state index in [2.05, 4.69) is 4.98 Å². The number of carboxylic acids is 1. The summed E-state index contributed by atoms with van der Waals surface area (Å²) in [6, 6.07) is 8.55. The number of carboxylic acid groups (broad SMARTS) is 1. The van der Waals surface area contributed by atoms with Crippen LogP contribution in [0.2, 0.25) is 0 Å². The van der Waals surface area contributed by atoms with Crippen LogP contribution in [0.5, 0.6) is 23.0 Å². The van der Waals surface area contributed by atoms with Crippen molar-refractivity contribution in [2.24, 2.45) is 0 Å². The highest BCUT2D eigenvalue weighted by atomic mass is 16.5. The highest BCUT2D eigenvalue weighted by molar-refractivity contribution is 6.08. The molecule has 0 unspecified atom stereocenters. The van der Waals surface area contributed by atoms with Crippen molar-refractivity contribution in [3.63, 3.8) is 0 Å². The molecule has 1 heterocycles. The summed E-state index contributed by atoms with van der Waals surface area (Å²) in [4.78, 5) is 16.8. The van der Waals surface area contributed by atoms with Crippen LogP contribution < -0.4 is 18.9 Å². The first-order chi connectivity index (χ1) is 14.5. The Bertz CT molecular complexity index is 1090. The summed E-state index contributed by atoms with van der Waals surface area (Å²) in [7, 11) is 6.05. The molecule has 0 fully saturated rings. The Balaban J connectivity index is 2.47. The van der Waals surface area contributed by atoms with Gasteiger partial charge in [-0.3, -0.25) is 4.98 Å². The predicted octanol–water partition coefficient (Wildman–Crippen LogP) is 3.17. The van der Waals surface area contributed by atoms with Crippen LogP contribution in [0.1, 0.15) is 16.1 Å². The van der Waals surface area contributed by atoms with Crippen LogP contribution in [-0.2, 0) is 6.42 Å². The van der Waals surface area contributed by atoms with E-state index in [1.165, 1.54) is 28.4 Å². The molecule has 1 aromatic heterocycles. The van der Waals surface area contributed by atoms with Gasteiger partial charge >= 0.3 is 5.97 Å². The van der Waals surface area contributed by atoms with Crippen molar-refractivity contribution >= 4 is 16.9 Å². The number of hydrogen-bond donors (Lipinski definition) is 2. The molecule has 3 rings (SSSR count). The van der Waals surface area contributed by atoms with E-state index in [-0.39, 0.29) is 24.3 Å². The van der Waals surface area contributed by atoms with Gasteiger partial charge in [0.05, 0.1) is 45.2 Å². The summed E-state index contributed by atoms with van der Waals surface area (Å²) < 4.78 is 21.5. The SMILES string of the molecule is COc1ccc(-c2c(C(=O)O)c(CCO)nc3cc(OC)c(OC)cc23)cc1OC. The summed E-state index contributed by atoms with van der Waals surface area (Å²) in [6.07, 6.45) is 0.0895. The molecule has 0 bridgehead atoms. The van der Waals surface area contributed by atoms with Gasteiger partial charge in [-0.05, 0) is 23.8 Å². The van der Waals surface area contributed by atoms with E-state index >= 15 is 0 Å². The van der Waals surface area contributed by atoms with Gasteiger partial charge in [0, 0.05) is 30.0 Å². The number of ether oxygens (including phenoxy) is 4. The summed E-state index contributed by atoms with van der Waals surface area (Å²) in [5, 5.41) is 20.1. The molecular formula is C22H23NO7. The largest absolute Gasteiger partial charge is 0.493 e. The van der Waals surface area contributed by atoms with Crippen LogP contribution in [0, 0.1) is 0 Å². The standard InChI is InChI=1S/C22H23NO7/c1-27-16-6-5-12(9-17(16)28-2)20-13-10-18(29-3)19(30-4)11-15(13)23-14(7-8-24)21(20)22(25)26/h5-6,9-11,24H,7-8H2,1-4H3,(H,25,26). The van der Waals surface area contributed by atoms with Crippen molar-refractivity contribution < 1.29 is 34.0 Å². The monoisotopic (exact) mass is 413 g/mol. The lowest BCUT2D eigenvalue weighted by atomic mass is 9.92. The summed E-state index contributed by atoms with van der Waals surface area (Å²) >= 11 is 0. The molecule has 30 heavy (non-hydrogen) atoms. The van der Waals surface area contributed by atoms with Gasteiger partial charge in [0.2, 0.25) is 0 Å². The van der Waals surface area contributed by atoms with E-state index < -0.39 is 5.97 Å². The smallest absolute Gasteiger partial charge is 0.338 e. The summed E-state index contributed by atoms with van der Waals surface area (Å²) in [5.41, 5.74) is 1.85. The zero-order valence-electron chi connectivity index (χ0n) is 17.2. The van der Waals surface area contributed by atoms with Gasteiger partial charge in [0.1, 0.15) is 0 Å². The van der Waals surface area contributed by atoms with Crippen molar-refractivity contribution in [3.05, 3.63) is 41.6 Å². The third kappa shape index (κ3) is 3.69. The molecule has 2 aromatic carbocycles. The highest BCUT2D eigenvalue weighted by Gasteiger charge is 2.24. The topological polar surface area (TPSA) is 107 Å². The molecule has 2 N–H and O–H groups in total. The first-order valence-corrected chi connectivity index (χ1v) is 9.14. The van der Waals surface area contributed by atoms with E-state index in [4.69, 9.17) is 18.9 Å². The lowest BCUT2D eigenvalue weighted by molar-refractivity contribution is 0.0696. The third-order valence-corrected chi connectivity index (χ3v) is 4.80. The van der Waals surface area contributed by atoms with Crippen LogP contribution in [0.4, 0.5) is 0 Å². The van der Waals surface area contributed by atoms with Crippen LogP contribution >= 0.6 is 0 Å². The maximum atomic E-state index is 12.3. The molecule has 0 saturated carbocycles. The second kappa shape index (κ2) is 8.87. The Morgan fingerprint density at radius 2 is 1.50 bits per heavy atom. The molecule has 0 aliphatic heterocycles. The Morgan fingerprint density at radius 1 is 0.900 bits per heavy atom. The van der Waals surface area contributed by atoms with Gasteiger partial charge in [0.25, 0.3) is 0 Å². The van der Waals surface area contributed by atoms with Crippen molar-refractivity contribution in [2.75, 3.05) is 35.0 Å². The Morgan fingerprint density at radius 3 is 2.07 bits per heavy atom. The maximum absolute atomic E-state index is 12.3. The number of fused-ring (bicyclic) bond motifs is 1. The predicted molar refractivity (Wildman–Crippen MR) is 111 cm³/mol. The quantitative estimate of drug-likeness (QED) is 0.580. The summed E-state index contributed by atoms with van der Waals surface area (Å²) in [5.74, 6) is 0.743. The van der Waals surface area contributed by atoms with E-state index in [0.29, 0.717) is 45.0 Å². The van der Waals surface area contributed by atoms with Crippen molar-refractivity contribution in [3.8, 4) is 34.1 Å². The Labute approximate surface area is 173 Å². The number of pyridine rings is 1. The zero-order chi connectivity index (χ0) is 21.8. The Kier molecular flexibility index (Phi) is 6.27. The molecule has 158 valence electrons. The molecule has 0 aliphatic rings. The molecule has 0 aliphatic carbocycles. The van der Waals surface area contributed by atoms with Gasteiger partial charge < -0.3 is 29.2 Å². The first kappa shape index (κ1) is 21.2. The zero-order valence-corrected chi connectivity index (χ0v) is 17.2. The minimum absolute atomic E-state index is 0.0102. The van der Waals surface area contributed by atoms with Gasteiger partial charge in [-0.25, -0.2) is 4.79 Å². The van der Waals surface area contributed by atoms with Crippen LogP contribution in [-0.4, -0.2) is 56.2 Å². The van der Waals surface area contributed by atoms with Gasteiger partial charge in [0.15, 0.2) is 23.0 Å². The fourth-order valence-electron chi connectivity index (χ4n) is 3.45. The second-order valence-corrected chi connectivity index (χ2v) is 6.38. The molecule has 0 spiro atoms. The number of nitrogens with zero attached hydrogens (tertiary/aromatic N) is 1. The number of aliphatic hydroxyl groups excluding tert-OH is 1. The molecule has 0 saturated heterocycles. The Hall–Kier alpha value is -3.52. The van der Waals surface area contributed by atoms with Crippen LogP contribution in [0.25, 0.3) is 22.0 Å². The highest BCUT2D eigenvalue weighted by Crippen LogP contribution is 2.41. The van der Waals surface area contributed by atoms with Crippen LogP contribution in [0.3, 0.4) is 0 Å². The maximum Gasteiger partial charge on any atom is 0.338 e. The second-order valence-electron chi connectivity index (χ2n) is 6.38. The number of benzene rings is 2. The van der Waals surface area contributed by atoms with Crippen molar-refractivity contribution in [1.82, 2.24) is 4.98 Å². The first-order valence-electron chi connectivity index (χ1n) is 9.14. The molecule has 0 amide bonds. The fourth-order valence-corrected chi connectivity index (χ4v) is 3.45. The van der Waals surface area contributed by atoms with E-state index in [0.717, 1.165) is 0 Å². The minimum atomic E-state index is -1.15. The average Bonchev–Trinajstić information content (AvgIpc) is 2.76. The van der Waals surface area contributed by atoms with Gasteiger partial charge in [-0.1, -0.05) is 6.07 Å². The molecule has 0 atom stereocenters. The van der Waals surface area contributed by atoms with Crippen molar-refractivity contribution in [1.29, 1.82) is 0 Å². The minimum Gasteiger partial charge on any atom is -0.493 e. The number of rotatable bonds is 8. The number of aromatic carboxylic acids is 1. The molecule has 3 aromatic rings. The number of aliphatic hydroxyl groups is 1. The summed E-state index contributed by atoms with van der Waals surface area (Å²) in [6.45, 7) is -0.239. The molecule has 0 radical (unpaired) electrons. The van der Waals surface area contributed by atoms with E-state index in [9.17, 15) is 15.0 Å². The fraction of sp³-hybridized carbons (Fsp3) is 0.273. The van der Waals surface area contributed by atoms with Crippen LogP contribution in [0.15, 0.2) is 30.3 Å². The van der Waals surface area contributed by atoms with Gasteiger partial charge in [-0.2, -0.15) is 0 Å².